The van der Waals surface area contributed by atoms with Crippen LogP contribution in [0, 0.1) is 0 Å². The van der Waals surface area contributed by atoms with Crippen LogP contribution in [0.25, 0.3) is 6.20 Å². The van der Waals surface area contributed by atoms with Crippen molar-refractivity contribution < 1.29 is 0 Å². The fraction of sp³-hybridized carbons (Fsp3) is 0.500. The van der Waals surface area contributed by atoms with Gasteiger partial charge in [0.15, 0.2) is 0 Å². The standard InChI is InChI=1S/C10H17N3S/c1-4-13-8-10(7-12-13)6-11-5-9(2)14-3/h4,7-9,11H,1,5-6H2,2-3H3. The number of nitrogens with zero attached hydrogens (tertiary/aromatic N) is 2. The van der Waals surface area contributed by atoms with Gasteiger partial charge in [0.1, 0.15) is 0 Å². The summed E-state index contributed by atoms with van der Waals surface area (Å²) in [7, 11) is 0. The van der Waals surface area contributed by atoms with Crippen LogP contribution in [0.5, 0.6) is 0 Å². The molecular formula is C10H17N3S. The van der Waals surface area contributed by atoms with Crippen LogP contribution in [-0.2, 0) is 6.54 Å². The molecule has 0 spiro atoms. The van der Waals surface area contributed by atoms with Crippen molar-refractivity contribution in [2.75, 3.05) is 12.8 Å². The van der Waals surface area contributed by atoms with E-state index >= 15 is 0 Å². The van der Waals surface area contributed by atoms with Crippen LogP contribution in [-0.4, -0.2) is 27.8 Å². The molecule has 1 N–H and O–H groups in total. The molecule has 4 heteroatoms. The fourth-order valence-electron chi connectivity index (χ4n) is 1.07. The van der Waals surface area contributed by atoms with Crippen LogP contribution in [0.1, 0.15) is 12.5 Å². The third kappa shape index (κ3) is 3.55. The van der Waals surface area contributed by atoms with E-state index in [0.717, 1.165) is 13.1 Å². The molecule has 1 unspecified atom stereocenters. The molecule has 0 aromatic carbocycles. The molecule has 1 aromatic rings. The number of aromatic nitrogens is 2. The molecule has 78 valence electrons. The third-order valence-electron chi connectivity index (χ3n) is 2.01. The van der Waals surface area contributed by atoms with Gasteiger partial charge in [0.2, 0.25) is 0 Å². The molecule has 1 rings (SSSR count). The summed E-state index contributed by atoms with van der Waals surface area (Å²) < 4.78 is 1.72. The highest BCUT2D eigenvalue weighted by Crippen LogP contribution is 2.03. The van der Waals surface area contributed by atoms with E-state index in [1.54, 1.807) is 10.9 Å². The zero-order valence-electron chi connectivity index (χ0n) is 8.73. The summed E-state index contributed by atoms with van der Waals surface area (Å²) in [6.07, 6.45) is 7.65. The molecule has 0 bridgehead atoms. The van der Waals surface area contributed by atoms with E-state index in [2.05, 4.69) is 30.2 Å². The predicted octanol–water partition coefficient (Wildman–Crippen LogP) is 1.82. The molecule has 1 atom stereocenters. The van der Waals surface area contributed by atoms with Gasteiger partial charge in [0.25, 0.3) is 0 Å². The highest BCUT2D eigenvalue weighted by Gasteiger charge is 1.99. The van der Waals surface area contributed by atoms with Crippen molar-refractivity contribution in [2.24, 2.45) is 0 Å². The number of hydrogen-bond acceptors (Lipinski definition) is 3. The van der Waals surface area contributed by atoms with E-state index in [1.165, 1.54) is 5.56 Å². The van der Waals surface area contributed by atoms with Crippen molar-refractivity contribution in [3.05, 3.63) is 24.5 Å². The summed E-state index contributed by atoms with van der Waals surface area (Å²) in [4.78, 5) is 0. The van der Waals surface area contributed by atoms with E-state index in [1.807, 2.05) is 24.2 Å². The summed E-state index contributed by atoms with van der Waals surface area (Å²) >= 11 is 1.87. The molecule has 0 fully saturated rings. The van der Waals surface area contributed by atoms with Crippen LogP contribution >= 0.6 is 11.8 Å². The second-order valence-electron chi connectivity index (χ2n) is 3.19. The second kappa shape index (κ2) is 5.88. The van der Waals surface area contributed by atoms with E-state index < -0.39 is 0 Å². The topological polar surface area (TPSA) is 29.9 Å². The monoisotopic (exact) mass is 211 g/mol. The number of hydrogen-bond donors (Lipinski definition) is 1. The first kappa shape index (κ1) is 11.3. The van der Waals surface area contributed by atoms with Gasteiger partial charge in [-0.1, -0.05) is 13.5 Å². The molecule has 0 saturated heterocycles. The zero-order valence-corrected chi connectivity index (χ0v) is 9.55. The highest BCUT2D eigenvalue weighted by molar-refractivity contribution is 7.99. The first-order valence-electron chi connectivity index (χ1n) is 4.65. The Balaban J connectivity index is 2.27. The van der Waals surface area contributed by atoms with Gasteiger partial charge in [-0.05, 0) is 6.26 Å². The Kier molecular flexibility index (Phi) is 4.76. The van der Waals surface area contributed by atoms with Gasteiger partial charge in [0, 0.05) is 36.3 Å². The van der Waals surface area contributed by atoms with Crippen molar-refractivity contribution in [2.45, 2.75) is 18.7 Å². The Labute approximate surface area is 89.6 Å². The van der Waals surface area contributed by atoms with Gasteiger partial charge in [-0.25, -0.2) is 4.68 Å². The summed E-state index contributed by atoms with van der Waals surface area (Å²) in [6, 6.07) is 0. The van der Waals surface area contributed by atoms with Crippen LogP contribution in [0.3, 0.4) is 0 Å². The predicted molar refractivity (Wildman–Crippen MR) is 63.3 cm³/mol. The molecular weight excluding hydrogens is 194 g/mol. The van der Waals surface area contributed by atoms with E-state index in [-0.39, 0.29) is 0 Å². The van der Waals surface area contributed by atoms with Crippen LogP contribution in [0.4, 0.5) is 0 Å². The van der Waals surface area contributed by atoms with Gasteiger partial charge in [-0.2, -0.15) is 16.9 Å². The van der Waals surface area contributed by atoms with Crippen molar-refractivity contribution >= 4 is 18.0 Å². The molecule has 0 aliphatic carbocycles. The maximum Gasteiger partial charge on any atom is 0.0538 e. The average Bonchev–Trinajstić information content (AvgIpc) is 2.65. The van der Waals surface area contributed by atoms with Gasteiger partial charge < -0.3 is 5.32 Å². The number of thioether (sulfide) groups is 1. The number of rotatable bonds is 6. The van der Waals surface area contributed by atoms with Crippen molar-refractivity contribution in [1.82, 2.24) is 15.1 Å². The first-order chi connectivity index (χ1) is 6.76. The second-order valence-corrected chi connectivity index (χ2v) is 4.46. The molecule has 0 radical (unpaired) electrons. The lowest BCUT2D eigenvalue weighted by atomic mass is 10.3. The Morgan fingerprint density at radius 3 is 3.14 bits per heavy atom. The molecule has 0 saturated carbocycles. The Hall–Kier alpha value is -0.740. The van der Waals surface area contributed by atoms with Crippen molar-refractivity contribution in [1.29, 1.82) is 0 Å². The first-order valence-corrected chi connectivity index (χ1v) is 5.94. The number of nitrogens with one attached hydrogen (secondary N) is 1. The summed E-state index contributed by atoms with van der Waals surface area (Å²) in [5, 5.41) is 8.14. The fourth-order valence-corrected chi connectivity index (χ4v) is 1.36. The molecule has 1 aromatic heterocycles. The van der Waals surface area contributed by atoms with Crippen LogP contribution < -0.4 is 5.32 Å². The minimum atomic E-state index is 0.657. The van der Waals surface area contributed by atoms with Gasteiger partial charge >= 0.3 is 0 Å². The van der Waals surface area contributed by atoms with E-state index in [9.17, 15) is 0 Å². The summed E-state index contributed by atoms with van der Waals surface area (Å²) in [5.74, 6) is 0. The lowest BCUT2D eigenvalue weighted by Gasteiger charge is -2.08. The summed E-state index contributed by atoms with van der Waals surface area (Å²) in [6.45, 7) is 7.76. The maximum absolute atomic E-state index is 4.11. The molecule has 0 aliphatic heterocycles. The zero-order chi connectivity index (χ0) is 10.4. The average molecular weight is 211 g/mol. The minimum absolute atomic E-state index is 0.657. The molecule has 14 heavy (non-hydrogen) atoms. The molecule has 3 nitrogen and oxygen atoms in total. The largest absolute Gasteiger partial charge is 0.311 e. The van der Waals surface area contributed by atoms with Crippen LogP contribution in [0.15, 0.2) is 19.0 Å². The van der Waals surface area contributed by atoms with Gasteiger partial charge in [-0.3, -0.25) is 0 Å². The third-order valence-corrected chi connectivity index (χ3v) is 2.98. The molecule has 1 heterocycles. The Morgan fingerprint density at radius 1 is 1.79 bits per heavy atom. The highest BCUT2D eigenvalue weighted by atomic mass is 32.2. The smallest absolute Gasteiger partial charge is 0.0538 e. The SMILES string of the molecule is C=Cn1cc(CNCC(C)SC)cn1. The lowest BCUT2D eigenvalue weighted by molar-refractivity contribution is 0.684. The lowest BCUT2D eigenvalue weighted by Crippen LogP contribution is -2.21. The quantitative estimate of drug-likeness (QED) is 0.778. The van der Waals surface area contributed by atoms with Crippen LogP contribution in [0.2, 0.25) is 0 Å². The molecule has 0 aliphatic rings. The van der Waals surface area contributed by atoms with Crippen molar-refractivity contribution in [3.8, 4) is 0 Å². The Morgan fingerprint density at radius 2 is 2.57 bits per heavy atom. The van der Waals surface area contributed by atoms with E-state index in [4.69, 9.17) is 0 Å². The maximum atomic E-state index is 4.11. The van der Waals surface area contributed by atoms with Gasteiger partial charge in [0.05, 0.1) is 6.20 Å². The van der Waals surface area contributed by atoms with Gasteiger partial charge in [-0.15, -0.1) is 0 Å². The van der Waals surface area contributed by atoms with Crippen molar-refractivity contribution in [3.63, 3.8) is 0 Å². The minimum Gasteiger partial charge on any atom is -0.311 e. The molecule has 0 amide bonds. The Bertz CT molecular complexity index is 283. The normalized spacial score (nSPS) is 12.7. The summed E-state index contributed by atoms with van der Waals surface area (Å²) in [5.41, 5.74) is 1.19. The van der Waals surface area contributed by atoms with E-state index in [0.29, 0.717) is 5.25 Å².